The quantitative estimate of drug-likeness (QED) is 0.462. The largest absolute Gasteiger partial charge is 0.464 e. The third kappa shape index (κ3) is 4.11. The molecule has 1 aromatic heterocycles. The summed E-state index contributed by atoms with van der Waals surface area (Å²) >= 11 is 0. The summed E-state index contributed by atoms with van der Waals surface area (Å²) in [6.07, 6.45) is -0.641. The van der Waals surface area contributed by atoms with E-state index in [1.807, 2.05) is 0 Å². The smallest absolute Gasteiger partial charge is 0.419 e. The second-order valence-corrected chi connectivity index (χ2v) is 6.64. The number of rotatable bonds is 5. The van der Waals surface area contributed by atoms with Crippen molar-refractivity contribution < 1.29 is 28.6 Å². The molecule has 0 amide bonds. The van der Waals surface area contributed by atoms with Crippen molar-refractivity contribution in [3.8, 4) is 0 Å². The number of nitrogens with zero attached hydrogens (tertiary/aromatic N) is 1. The Labute approximate surface area is 151 Å². The summed E-state index contributed by atoms with van der Waals surface area (Å²) in [7, 11) is 1.26. The number of Topliss-reactive ketones (excluding diaryl/α,β-unsaturated/α-hetero) is 1. The molecule has 0 saturated heterocycles. The summed E-state index contributed by atoms with van der Waals surface area (Å²) in [5.74, 6) is -1.35. The Morgan fingerprint density at radius 2 is 1.81 bits per heavy atom. The lowest BCUT2D eigenvalue weighted by Gasteiger charge is -2.19. The van der Waals surface area contributed by atoms with Gasteiger partial charge in [0.05, 0.1) is 12.1 Å². The molecule has 1 aromatic carbocycles. The van der Waals surface area contributed by atoms with Crippen LogP contribution in [0.15, 0.2) is 30.5 Å². The monoisotopic (exact) mass is 361 g/mol. The lowest BCUT2D eigenvalue weighted by molar-refractivity contribution is -0.151. The summed E-state index contributed by atoms with van der Waals surface area (Å²) in [5.41, 5.74) is 0.00211. The fourth-order valence-corrected chi connectivity index (χ4v) is 2.51. The SMILES string of the molecule is CCOC(=O)C(OC)C(=O)c1cn(C(=O)OC(C)(C)C)c2ccccc12. The number of ether oxygens (including phenoxy) is 3. The molecule has 0 bridgehead atoms. The second kappa shape index (κ2) is 7.70. The molecule has 0 aliphatic heterocycles. The Kier molecular flexibility index (Phi) is 5.82. The maximum Gasteiger partial charge on any atom is 0.419 e. The van der Waals surface area contributed by atoms with Crippen molar-refractivity contribution in [1.82, 2.24) is 4.57 Å². The van der Waals surface area contributed by atoms with Crippen molar-refractivity contribution in [3.63, 3.8) is 0 Å². The first-order valence-corrected chi connectivity index (χ1v) is 8.26. The van der Waals surface area contributed by atoms with E-state index in [2.05, 4.69) is 0 Å². The molecule has 0 N–H and O–H groups in total. The third-order valence-electron chi connectivity index (χ3n) is 3.54. The van der Waals surface area contributed by atoms with Gasteiger partial charge in [-0.2, -0.15) is 0 Å². The van der Waals surface area contributed by atoms with Crippen molar-refractivity contribution in [3.05, 3.63) is 36.0 Å². The standard InChI is InChI=1S/C19H23NO6/c1-6-25-17(22)16(24-5)15(21)13-11-20(18(23)26-19(2,3)4)14-10-8-7-9-12(13)14/h7-11,16H,6H2,1-5H3. The molecule has 7 nitrogen and oxygen atoms in total. The van der Waals surface area contributed by atoms with Gasteiger partial charge < -0.3 is 14.2 Å². The molecule has 7 heteroatoms. The average Bonchev–Trinajstić information content (AvgIpc) is 2.94. The highest BCUT2D eigenvalue weighted by Crippen LogP contribution is 2.24. The molecule has 26 heavy (non-hydrogen) atoms. The zero-order valence-electron chi connectivity index (χ0n) is 15.6. The van der Waals surface area contributed by atoms with E-state index in [4.69, 9.17) is 14.2 Å². The van der Waals surface area contributed by atoms with Gasteiger partial charge in [-0.25, -0.2) is 9.59 Å². The van der Waals surface area contributed by atoms with E-state index in [0.717, 1.165) is 0 Å². The van der Waals surface area contributed by atoms with Crippen molar-refractivity contribution in [2.75, 3.05) is 13.7 Å². The van der Waals surface area contributed by atoms with E-state index in [0.29, 0.717) is 10.9 Å². The molecule has 0 aliphatic rings. The molecule has 0 radical (unpaired) electrons. The van der Waals surface area contributed by atoms with Gasteiger partial charge in [0.2, 0.25) is 11.9 Å². The number of methoxy groups -OCH3 is 1. The normalized spacial score (nSPS) is 12.7. The van der Waals surface area contributed by atoms with Crippen molar-refractivity contribution in [2.24, 2.45) is 0 Å². The number of aromatic nitrogens is 1. The third-order valence-corrected chi connectivity index (χ3v) is 3.54. The Hall–Kier alpha value is -2.67. The van der Waals surface area contributed by atoms with E-state index < -0.39 is 29.6 Å². The van der Waals surface area contributed by atoms with Crippen molar-refractivity contribution >= 4 is 28.7 Å². The number of carbonyl (C=O) groups excluding carboxylic acids is 3. The van der Waals surface area contributed by atoms with E-state index >= 15 is 0 Å². The summed E-state index contributed by atoms with van der Waals surface area (Å²) in [4.78, 5) is 37.3. The fraction of sp³-hybridized carbons (Fsp3) is 0.421. The van der Waals surface area contributed by atoms with E-state index in [1.54, 1.807) is 52.0 Å². The zero-order valence-corrected chi connectivity index (χ0v) is 15.6. The molecule has 1 unspecified atom stereocenters. The minimum Gasteiger partial charge on any atom is -0.464 e. The van der Waals surface area contributed by atoms with Crippen LogP contribution in [0.3, 0.4) is 0 Å². The number of para-hydroxylation sites is 1. The van der Waals surface area contributed by atoms with Crippen LogP contribution in [-0.2, 0) is 19.0 Å². The lowest BCUT2D eigenvalue weighted by atomic mass is 10.1. The zero-order chi connectivity index (χ0) is 19.5. The van der Waals surface area contributed by atoms with E-state index in [9.17, 15) is 14.4 Å². The van der Waals surface area contributed by atoms with Gasteiger partial charge in [-0.05, 0) is 33.8 Å². The first-order valence-electron chi connectivity index (χ1n) is 8.26. The van der Waals surface area contributed by atoms with E-state index in [-0.39, 0.29) is 12.2 Å². The van der Waals surface area contributed by atoms with Crippen molar-refractivity contribution in [1.29, 1.82) is 0 Å². The number of esters is 1. The number of carbonyl (C=O) groups is 3. The Balaban J connectivity index is 2.50. The average molecular weight is 361 g/mol. The van der Waals surface area contributed by atoms with Gasteiger partial charge in [-0.15, -0.1) is 0 Å². The number of hydrogen-bond acceptors (Lipinski definition) is 6. The van der Waals surface area contributed by atoms with Crippen LogP contribution in [0.2, 0.25) is 0 Å². The van der Waals surface area contributed by atoms with Gasteiger partial charge in [0, 0.05) is 24.3 Å². The van der Waals surface area contributed by atoms with Crippen LogP contribution in [-0.4, -0.2) is 47.8 Å². The predicted octanol–water partition coefficient (Wildman–Crippen LogP) is 3.19. The van der Waals surface area contributed by atoms with Crippen LogP contribution in [0.4, 0.5) is 4.79 Å². The molecular weight excluding hydrogens is 338 g/mol. The molecule has 0 spiro atoms. The van der Waals surface area contributed by atoms with Gasteiger partial charge in [0.15, 0.2) is 0 Å². The summed E-state index contributed by atoms with van der Waals surface area (Å²) < 4.78 is 16.6. The van der Waals surface area contributed by atoms with Crippen LogP contribution in [0.25, 0.3) is 10.9 Å². The molecule has 2 rings (SSSR count). The Morgan fingerprint density at radius 1 is 1.15 bits per heavy atom. The molecule has 0 saturated carbocycles. The Morgan fingerprint density at radius 3 is 2.38 bits per heavy atom. The van der Waals surface area contributed by atoms with Crippen LogP contribution in [0.1, 0.15) is 38.1 Å². The van der Waals surface area contributed by atoms with Crippen LogP contribution >= 0.6 is 0 Å². The highest BCUT2D eigenvalue weighted by molar-refractivity contribution is 6.18. The van der Waals surface area contributed by atoms with Gasteiger partial charge in [-0.1, -0.05) is 18.2 Å². The minimum atomic E-state index is -1.40. The molecule has 0 aliphatic carbocycles. The number of fused-ring (bicyclic) bond motifs is 1. The number of hydrogen-bond donors (Lipinski definition) is 0. The Bertz CT molecular complexity index is 830. The van der Waals surface area contributed by atoms with E-state index in [1.165, 1.54) is 17.9 Å². The summed E-state index contributed by atoms with van der Waals surface area (Å²) in [5, 5.41) is 0.523. The summed E-state index contributed by atoms with van der Waals surface area (Å²) in [6.45, 7) is 7.04. The molecule has 1 atom stereocenters. The number of ketones is 1. The van der Waals surface area contributed by atoms with Gasteiger partial charge in [-0.3, -0.25) is 9.36 Å². The predicted molar refractivity (Wildman–Crippen MR) is 95.3 cm³/mol. The molecule has 0 fully saturated rings. The first-order chi connectivity index (χ1) is 12.2. The van der Waals surface area contributed by atoms with Gasteiger partial charge >= 0.3 is 12.1 Å². The maximum atomic E-state index is 12.8. The molecule has 1 heterocycles. The van der Waals surface area contributed by atoms with Crippen LogP contribution in [0, 0.1) is 0 Å². The van der Waals surface area contributed by atoms with Gasteiger partial charge in [0.25, 0.3) is 0 Å². The van der Waals surface area contributed by atoms with Crippen LogP contribution in [0.5, 0.6) is 0 Å². The highest BCUT2D eigenvalue weighted by atomic mass is 16.6. The van der Waals surface area contributed by atoms with Crippen LogP contribution < -0.4 is 0 Å². The number of benzene rings is 1. The fourth-order valence-electron chi connectivity index (χ4n) is 2.51. The first kappa shape index (κ1) is 19.7. The molecular formula is C19H23NO6. The highest BCUT2D eigenvalue weighted by Gasteiger charge is 2.32. The second-order valence-electron chi connectivity index (χ2n) is 6.64. The summed E-state index contributed by atoms with van der Waals surface area (Å²) in [6, 6.07) is 6.88. The van der Waals surface area contributed by atoms with Gasteiger partial charge in [0.1, 0.15) is 5.60 Å². The lowest BCUT2D eigenvalue weighted by Crippen LogP contribution is -2.33. The molecule has 140 valence electrons. The topological polar surface area (TPSA) is 83.8 Å². The minimum absolute atomic E-state index is 0.131. The maximum absolute atomic E-state index is 12.8. The molecule has 2 aromatic rings. The van der Waals surface area contributed by atoms with Crippen molar-refractivity contribution in [2.45, 2.75) is 39.4 Å².